The van der Waals surface area contributed by atoms with Crippen LogP contribution in [0.25, 0.3) is 0 Å². The molecular weight excluding hydrogens is 540 g/mol. The average Bonchev–Trinajstić information content (AvgIpc) is 3.44. The molecule has 1 fully saturated rings. The molecule has 1 saturated heterocycles. The van der Waals surface area contributed by atoms with Gasteiger partial charge in [-0.05, 0) is 18.4 Å². The SMILES string of the molecule is NC(=O)C[C@H](NC(=O)[C@H](Cc1ccccc1)NC(=O)[C@@H](N)CO)C(=O)NCC(=O)NCC(=O)N1CCC[C@H]1C(N)=O. The largest absolute Gasteiger partial charge is 0.394 e. The molecule has 41 heavy (non-hydrogen) atoms. The first-order valence-corrected chi connectivity index (χ1v) is 12.9. The zero-order valence-electron chi connectivity index (χ0n) is 22.3. The number of benzene rings is 1. The van der Waals surface area contributed by atoms with Gasteiger partial charge in [0, 0.05) is 13.0 Å². The van der Waals surface area contributed by atoms with Crippen LogP contribution in [-0.4, -0.2) is 102 Å². The van der Waals surface area contributed by atoms with E-state index in [2.05, 4.69) is 21.3 Å². The van der Waals surface area contributed by atoms with Crippen molar-refractivity contribution in [1.82, 2.24) is 26.2 Å². The van der Waals surface area contributed by atoms with Crippen molar-refractivity contribution >= 4 is 41.4 Å². The van der Waals surface area contributed by atoms with Gasteiger partial charge in [0.25, 0.3) is 0 Å². The number of nitrogens with two attached hydrogens (primary N) is 3. The van der Waals surface area contributed by atoms with Crippen LogP contribution in [0.1, 0.15) is 24.8 Å². The van der Waals surface area contributed by atoms with E-state index in [1.807, 2.05) is 0 Å². The Labute approximate surface area is 235 Å². The molecule has 16 nitrogen and oxygen atoms in total. The van der Waals surface area contributed by atoms with Gasteiger partial charge in [-0.3, -0.25) is 33.6 Å². The van der Waals surface area contributed by atoms with Crippen molar-refractivity contribution in [2.75, 3.05) is 26.2 Å². The summed E-state index contributed by atoms with van der Waals surface area (Å²) in [6, 6.07) is 3.80. The number of amides is 7. The Hall–Kier alpha value is -4.57. The van der Waals surface area contributed by atoms with Crippen molar-refractivity contribution in [3.8, 4) is 0 Å². The lowest BCUT2D eigenvalue weighted by Crippen LogP contribution is -2.57. The second-order valence-corrected chi connectivity index (χ2v) is 9.41. The Morgan fingerprint density at radius 1 is 0.902 bits per heavy atom. The second-order valence-electron chi connectivity index (χ2n) is 9.41. The van der Waals surface area contributed by atoms with E-state index in [0.29, 0.717) is 24.9 Å². The number of carbonyl (C=O) groups excluding carboxylic acids is 7. The van der Waals surface area contributed by atoms with Crippen molar-refractivity contribution in [2.24, 2.45) is 17.2 Å². The molecule has 0 spiro atoms. The van der Waals surface area contributed by atoms with E-state index in [4.69, 9.17) is 22.3 Å². The number of nitrogens with zero attached hydrogens (tertiary/aromatic N) is 1. The molecule has 4 atom stereocenters. The number of nitrogens with one attached hydrogen (secondary N) is 4. The summed E-state index contributed by atoms with van der Waals surface area (Å²) >= 11 is 0. The quantitative estimate of drug-likeness (QED) is 0.0992. The fraction of sp³-hybridized carbons (Fsp3) is 0.480. The van der Waals surface area contributed by atoms with E-state index in [-0.39, 0.29) is 6.42 Å². The summed E-state index contributed by atoms with van der Waals surface area (Å²) in [7, 11) is 0. The fourth-order valence-electron chi connectivity index (χ4n) is 4.09. The molecule has 0 radical (unpaired) electrons. The summed E-state index contributed by atoms with van der Waals surface area (Å²) in [6.07, 6.45) is 0.400. The number of aliphatic hydroxyl groups is 1. The van der Waals surface area contributed by atoms with Gasteiger partial charge >= 0.3 is 0 Å². The molecule has 0 saturated carbocycles. The number of hydrogen-bond acceptors (Lipinski definition) is 9. The highest BCUT2D eigenvalue weighted by Crippen LogP contribution is 2.16. The van der Waals surface area contributed by atoms with Gasteiger partial charge in [-0.2, -0.15) is 0 Å². The third-order valence-corrected chi connectivity index (χ3v) is 6.25. The first-order valence-electron chi connectivity index (χ1n) is 12.9. The smallest absolute Gasteiger partial charge is 0.243 e. The van der Waals surface area contributed by atoms with Crippen LogP contribution in [0.3, 0.4) is 0 Å². The van der Waals surface area contributed by atoms with E-state index in [0.717, 1.165) is 0 Å². The topological polar surface area (TPSA) is 269 Å². The first kappa shape index (κ1) is 32.6. The van der Waals surface area contributed by atoms with E-state index in [9.17, 15) is 33.6 Å². The van der Waals surface area contributed by atoms with Gasteiger partial charge in [0.05, 0.1) is 26.1 Å². The molecule has 1 aliphatic heterocycles. The molecule has 16 heteroatoms. The Morgan fingerprint density at radius 2 is 1.56 bits per heavy atom. The molecule has 2 rings (SSSR count). The minimum atomic E-state index is -1.50. The van der Waals surface area contributed by atoms with Gasteiger partial charge in [0.1, 0.15) is 24.2 Å². The summed E-state index contributed by atoms with van der Waals surface area (Å²) < 4.78 is 0. The molecule has 1 aromatic carbocycles. The van der Waals surface area contributed by atoms with E-state index in [1.54, 1.807) is 30.3 Å². The average molecular weight is 577 g/mol. The summed E-state index contributed by atoms with van der Waals surface area (Å²) in [5.74, 6) is -5.43. The summed E-state index contributed by atoms with van der Waals surface area (Å²) in [5.41, 5.74) is 16.7. The lowest BCUT2D eigenvalue weighted by atomic mass is 10.0. The monoisotopic (exact) mass is 576 g/mol. The molecule has 0 aromatic heterocycles. The van der Waals surface area contributed by atoms with Gasteiger partial charge in [-0.25, -0.2) is 0 Å². The lowest BCUT2D eigenvalue weighted by molar-refractivity contribution is -0.137. The predicted octanol–water partition coefficient (Wildman–Crippen LogP) is -4.90. The number of aliphatic hydroxyl groups excluding tert-OH is 1. The molecule has 1 heterocycles. The first-order chi connectivity index (χ1) is 19.4. The maximum absolute atomic E-state index is 13.1. The van der Waals surface area contributed by atoms with Gasteiger partial charge in [-0.1, -0.05) is 30.3 Å². The van der Waals surface area contributed by atoms with E-state index >= 15 is 0 Å². The van der Waals surface area contributed by atoms with Crippen molar-refractivity contribution in [3.05, 3.63) is 35.9 Å². The fourth-order valence-corrected chi connectivity index (χ4v) is 4.09. The van der Waals surface area contributed by atoms with Crippen LogP contribution >= 0.6 is 0 Å². The van der Waals surface area contributed by atoms with Gasteiger partial charge < -0.3 is 48.5 Å². The van der Waals surface area contributed by atoms with Crippen molar-refractivity contribution < 1.29 is 38.7 Å². The summed E-state index contributed by atoms with van der Waals surface area (Å²) in [6.45, 7) is -1.39. The molecule has 11 N–H and O–H groups in total. The highest BCUT2D eigenvalue weighted by atomic mass is 16.3. The Bertz CT molecular complexity index is 1130. The van der Waals surface area contributed by atoms with Crippen LogP contribution in [0.5, 0.6) is 0 Å². The zero-order valence-corrected chi connectivity index (χ0v) is 22.3. The molecular formula is C25H36N8O8. The number of carbonyl (C=O) groups is 7. The third kappa shape index (κ3) is 10.5. The van der Waals surface area contributed by atoms with Gasteiger partial charge in [0.2, 0.25) is 41.4 Å². The van der Waals surface area contributed by atoms with Crippen LogP contribution in [0.4, 0.5) is 0 Å². The lowest BCUT2D eigenvalue weighted by Gasteiger charge is -2.24. The molecule has 7 amide bonds. The van der Waals surface area contributed by atoms with Gasteiger partial charge in [0.15, 0.2) is 0 Å². The minimum Gasteiger partial charge on any atom is -0.394 e. The summed E-state index contributed by atoms with van der Waals surface area (Å²) in [4.78, 5) is 87.1. The number of primary amides is 2. The Morgan fingerprint density at radius 3 is 2.17 bits per heavy atom. The van der Waals surface area contributed by atoms with Crippen LogP contribution in [0.15, 0.2) is 30.3 Å². The van der Waals surface area contributed by atoms with Crippen molar-refractivity contribution in [1.29, 1.82) is 0 Å². The van der Waals surface area contributed by atoms with Crippen LogP contribution in [0, 0.1) is 0 Å². The van der Waals surface area contributed by atoms with Crippen LogP contribution in [-0.2, 0) is 40.0 Å². The molecule has 0 aliphatic carbocycles. The van der Waals surface area contributed by atoms with E-state index < -0.39 is 91.6 Å². The Kier molecular flexibility index (Phi) is 12.6. The maximum Gasteiger partial charge on any atom is 0.243 e. The second kappa shape index (κ2) is 15.9. The number of rotatable bonds is 15. The highest BCUT2D eigenvalue weighted by Gasteiger charge is 2.33. The van der Waals surface area contributed by atoms with Crippen LogP contribution in [0.2, 0.25) is 0 Å². The molecule has 0 unspecified atom stereocenters. The summed E-state index contributed by atoms with van der Waals surface area (Å²) in [5, 5.41) is 18.5. The molecule has 0 bridgehead atoms. The zero-order chi connectivity index (χ0) is 30.5. The number of likely N-dealkylation sites (tertiary alicyclic amines) is 1. The third-order valence-electron chi connectivity index (χ3n) is 6.25. The normalized spacial score (nSPS) is 16.5. The van der Waals surface area contributed by atoms with Gasteiger partial charge in [-0.15, -0.1) is 0 Å². The molecule has 1 aliphatic rings. The highest BCUT2D eigenvalue weighted by molar-refractivity contribution is 5.96. The van der Waals surface area contributed by atoms with Crippen LogP contribution < -0.4 is 38.5 Å². The number of hydrogen-bond donors (Lipinski definition) is 8. The van der Waals surface area contributed by atoms with Crippen molar-refractivity contribution in [2.45, 2.75) is 49.9 Å². The van der Waals surface area contributed by atoms with Crippen molar-refractivity contribution in [3.63, 3.8) is 0 Å². The minimum absolute atomic E-state index is 0.00840. The molecule has 224 valence electrons. The van der Waals surface area contributed by atoms with E-state index in [1.165, 1.54) is 4.90 Å². The molecule has 1 aromatic rings. The maximum atomic E-state index is 13.1. The standard InChI is InChI=1S/C25H36N8O8/c26-15(13-34)23(39)31-16(9-14-5-2-1-3-6-14)25(41)32-17(10-19(27)35)24(40)30-11-20(36)29-12-21(37)33-8-4-7-18(33)22(28)38/h1-3,5-6,15-18,34H,4,7-13,26H2,(H2,27,35)(H2,28,38)(H,29,36)(H,30,40)(H,31,39)(H,32,41)/t15-,16-,17-,18-/m0/s1. The Balaban J connectivity index is 1.99. The predicted molar refractivity (Wildman–Crippen MR) is 143 cm³/mol.